The molecule has 12 aromatic rings. The number of rotatable bonds is 12. The second kappa shape index (κ2) is 39.9. The lowest BCUT2D eigenvalue weighted by molar-refractivity contribution is 0.0194. The molecule has 618 valence electrons. The number of nitriles is 3. The van der Waals surface area contributed by atoms with Crippen LogP contribution in [0.25, 0.3) is 89.5 Å². The zero-order valence-electron chi connectivity index (χ0n) is 69.2. The van der Waals surface area contributed by atoms with Gasteiger partial charge in [-0.15, -0.1) is 0 Å². The van der Waals surface area contributed by atoms with Gasteiger partial charge in [0.05, 0.1) is 48.0 Å². The molecular formula is C95H97BrF5N15O4. The van der Waals surface area contributed by atoms with Crippen molar-refractivity contribution in [2.45, 2.75) is 128 Å². The van der Waals surface area contributed by atoms with Crippen LogP contribution in [0, 0.1) is 57.3 Å². The number of carbonyl (C=O) groups is 2. The lowest BCUT2D eigenvalue weighted by Crippen LogP contribution is -2.41. The maximum Gasteiger partial charge on any atom is 0.410 e. The molecule has 16 rings (SSSR count). The maximum absolute atomic E-state index is 13.5. The van der Waals surface area contributed by atoms with Gasteiger partial charge in [0.1, 0.15) is 52.7 Å². The molecular weight excluding hydrogens is 1590 g/mol. The monoisotopic (exact) mass is 1690 g/mol. The number of carbonyl (C=O) groups excluding carboxylic acids is 2. The SMILES string of the molecule is CC(C)(C)OC(=O)N1CCC(c2cc(-c3ccncc3Br)c(-c3ccc(F)cc3)[nH]2)CC1.CC(C)(C)OC(=O)N1CCC(c2cc(-c3ccncc3C#N)c(-c3ccc(F)cc3)[nH]2)CC1.CN1CCC(c2cc(-c3ccncc3C#N)c(-c3ccc(F)cc3)[nH]2)CC1.N#Cc1cnccc1-c1cc(C2CCNCC2)[nH]c1-c1ccc(F)cc1.[2H]CF. The van der Waals surface area contributed by atoms with Crippen molar-refractivity contribution in [1.29, 1.82) is 15.8 Å². The molecule has 5 N–H and O–H groups in total. The van der Waals surface area contributed by atoms with Crippen LogP contribution in [0.1, 0.15) is 157 Å². The first-order valence-electron chi connectivity index (χ1n) is 40.8. The molecule has 2 amide bonds. The zero-order valence-corrected chi connectivity index (χ0v) is 69.8. The van der Waals surface area contributed by atoms with Crippen molar-refractivity contribution in [3.63, 3.8) is 0 Å². The maximum atomic E-state index is 13.5. The van der Waals surface area contributed by atoms with Gasteiger partial charge in [-0.05, 0) is 310 Å². The molecule has 4 aliphatic rings. The van der Waals surface area contributed by atoms with Crippen LogP contribution < -0.4 is 5.32 Å². The Balaban J connectivity index is 0.000000147. The fourth-order valence-electron chi connectivity index (χ4n) is 15.6. The normalized spacial score (nSPS) is 15.0. The van der Waals surface area contributed by atoms with Gasteiger partial charge in [0.2, 0.25) is 0 Å². The summed E-state index contributed by atoms with van der Waals surface area (Å²) in [6.45, 7) is 17.9. The van der Waals surface area contributed by atoms with E-state index < -0.39 is 18.4 Å². The summed E-state index contributed by atoms with van der Waals surface area (Å²) < 4.78 is 81.3. The third-order valence-corrected chi connectivity index (χ3v) is 22.4. The molecule has 25 heteroatoms. The summed E-state index contributed by atoms with van der Waals surface area (Å²) >= 11 is 3.61. The van der Waals surface area contributed by atoms with E-state index >= 15 is 0 Å². The predicted molar refractivity (Wildman–Crippen MR) is 460 cm³/mol. The number of aromatic nitrogens is 8. The van der Waals surface area contributed by atoms with Gasteiger partial charge in [0, 0.05) is 171 Å². The van der Waals surface area contributed by atoms with Gasteiger partial charge in [-0.1, -0.05) is 0 Å². The van der Waals surface area contributed by atoms with Crippen LogP contribution >= 0.6 is 15.9 Å². The quantitative estimate of drug-likeness (QED) is 0.0714. The molecule has 0 saturated carbocycles. The van der Waals surface area contributed by atoms with Crippen LogP contribution in [0.3, 0.4) is 0 Å². The molecule has 0 spiro atoms. The second-order valence-electron chi connectivity index (χ2n) is 32.1. The Morgan fingerprint density at radius 3 is 0.950 bits per heavy atom. The fourth-order valence-corrected chi connectivity index (χ4v) is 16.1. The fraction of sp³-hybridized carbons (Fsp3) is 0.316. The topological polar surface area (TPSA) is 260 Å². The number of benzene rings is 4. The molecule has 4 saturated heterocycles. The van der Waals surface area contributed by atoms with Gasteiger partial charge in [-0.25, -0.2) is 27.2 Å². The van der Waals surface area contributed by atoms with Crippen molar-refractivity contribution in [3.05, 3.63) is 262 Å². The summed E-state index contributed by atoms with van der Waals surface area (Å²) in [4.78, 5) is 61.3. The number of piperidine rings is 4. The van der Waals surface area contributed by atoms with Crippen molar-refractivity contribution < 1.29 is 42.4 Å². The minimum absolute atomic E-state index is 0.226. The number of ether oxygens (including phenoxy) is 2. The first kappa shape index (κ1) is 85.5. The summed E-state index contributed by atoms with van der Waals surface area (Å²) in [7, 11) is 1.15. The highest BCUT2D eigenvalue weighted by Gasteiger charge is 2.33. The van der Waals surface area contributed by atoms with Crippen LogP contribution in [0.15, 0.2) is 200 Å². The van der Waals surface area contributed by atoms with Gasteiger partial charge in [0.15, 0.2) is 0 Å². The molecule has 4 aromatic carbocycles. The Hall–Kier alpha value is -12.3. The minimum atomic E-state index is -1.00. The minimum Gasteiger partial charge on any atom is -0.444 e. The lowest BCUT2D eigenvalue weighted by atomic mass is 9.92. The standard InChI is InChI=1S/C26H27FN4O2.C25H27BrFN3O2.C22H21FN4.C21H19FN4.CH3F/c1-26(2,3)33-25(32)31-12-9-17(10-13-31)23-14-22(21-8-11-29-16-19(21)15-28)24(30-23)18-4-6-20(27)7-5-18;1-25(2,3)32-24(31)30-12-9-16(10-13-30)22-14-20(19-8-11-28-15-21(19)26)23(29-22)17-4-6-18(27)7-5-17;1-27-10-7-15(8-11-27)21-12-20(19-6-9-25-14-17(19)13-24)22(26-21)16-2-4-18(23)5-3-16;22-17-3-1-15(2-4-17)21-19(18-7-10-25-13-16(18)12-23)11-20(26-21)14-5-8-24-9-6-14;1-2/h4-8,11,14,16-17,30H,9-10,12-13H2,1-3H3;4-8,11,14-16,29H,9-10,12-13H2,1-3H3;2-6,9,12,14-15,26H,7-8,10-11H2,1H3;1-4,7,10-11,13-14,24,26H,5-6,8-9H2;1H3/i;;;;1D. The van der Waals surface area contributed by atoms with Gasteiger partial charge >= 0.3 is 12.2 Å². The Labute approximate surface area is 706 Å². The zero-order chi connectivity index (χ0) is 85.9. The smallest absolute Gasteiger partial charge is 0.410 e. The molecule has 0 bridgehead atoms. The highest BCUT2D eigenvalue weighted by atomic mass is 79.9. The summed E-state index contributed by atoms with van der Waals surface area (Å²) in [6.07, 6.45) is 20.4. The predicted octanol–water partition coefficient (Wildman–Crippen LogP) is 22.0. The summed E-state index contributed by atoms with van der Waals surface area (Å²) in [5, 5.41) is 32.0. The summed E-state index contributed by atoms with van der Waals surface area (Å²) in [5.41, 5.74) is 19.6. The lowest BCUT2D eigenvalue weighted by Gasteiger charge is -2.33. The number of hydrogen-bond donors (Lipinski definition) is 5. The van der Waals surface area contributed by atoms with Gasteiger partial charge in [-0.2, -0.15) is 15.8 Å². The number of pyridine rings is 4. The van der Waals surface area contributed by atoms with E-state index in [9.17, 15) is 47.3 Å². The Bertz CT molecular complexity index is 5620. The number of aromatic amines is 4. The number of alkyl halides is 1. The molecule has 0 aliphatic carbocycles. The van der Waals surface area contributed by atoms with E-state index in [2.05, 4.69) is 116 Å². The van der Waals surface area contributed by atoms with E-state index in [0.717, 1.165) is 183 Å². The van der Waals surface area contributed by atoms with Crippen LogP contribution in [0.2, 0.25) is 0 Å². The van der Waals surface area contributed by atoms with Crippen LogP contribution in [0.4, 0.5) is 31.5 Å². The number of nitrogens with one attached hydrogen (secondary N) is 5. The van der Waals surface area contributed by atoms with Gasteiger partial charge in [-0.3, -0.25) is 24.3 Å². The van der Waals surface area contributed by atoms with E-state index in [1.165, 1.54) is 59.9 Å². The van der Waals surface area contributed by atoms with E-state index in [1.54, 1.807) is 108 Å². The first-order chi connectivity index (χ1) is 58.3. The molecule has 12 heterocycles. The largest absolute Gasteiger partial charge is 0.444 e. The number of likely N-dealkylation sites (tertiary alicyclic amines) is 3. The Morgan fingerprint density at radius 1 is 0.417 bits per heavy atom. The number of hydrogen-bond acceptors (Lipinski definition) is 13. The molecule has 4 aliphatic heterocycles. The Kier molecular flexibility index (Phi) is 28.5. The average molecular weight is 1690 g/mol. The molecule has 4 fully saturated rings. The molecule has 0 radical (unpaired) electrons. The highest BCUT2D eigenvalue weighted by Crippen LogP contribution is 2.44. The third-order valence-electron chi connectivity index (χ3n) is 21.8. The number of amides is 2. The average Bonchev–Trinajstić information content (AvgIpc) is 1.66. The first-order valence-corrected chi connectivity index (χ1v) is 40.9. The van der Waals surface area contributed by atoms with E-state index in [0.29, 0.717) is 60.6 Å². The van der Waals surface area contributed by atoms with E-state index in [1.807, 2.05) is 65.8 Å². The van der Waals surface area contributed by atoms with Crippen LogP contribution in [-0.4, -0.2) is 145 Å². The molecule has 19 nitrogen and oxygen atoms in total. The van der Waals surface area contributed by atoms with Gasteiger partial charge in [0.25, 0.3) is 0 Å². The third kappa shape index (κ3) is 21.9. The molecule has 8 aromatic heterocycles. The molecule has 0 unspecified atom stereocenters. The van der Waals surface area contributed by atoms with Crippen molar-refractivity contribution in [1.82, 2.24) is 59.9 Å². The second-order valence-corrected chi connectivity index (χ2v) is 33.0. The van der Waals surface area contributed by atoms with Crippen LogP contribution in [-0.2, 0) is 9.47 Å². The summed E-state index contributed by atoms with van der Waals surface area (Å²) in [5.74, 6) is 0.348. The van der Waals surface area contributed by atoms with Crippen molar-refractivity contribution in [2.24, 2.45) is 0 Å². The van der Waals surface area contributed by atoms with Crippen molar-refractivity contribution >= 4 is 28.1 Å². The van der Waals surface area contributed by atoms with E-state index in [4.69, 9.17) is 10.8 Å². The van der Waals surface area contributed by atoms with E-state index in [-0.39, 0.29) is 41.4 Å². The van der Waals surface area contributed by atoms with Crippen LogP contribution in [0.5, 0.6) is 0 Å². The summed E-state index contributed by atoms with van der Waals surface area (Å²) in [6, 6.07) is 48.5. The number of nitrogens with zero attached hydrogens (tertiary/aromatic N) is 10. The van der Waals surface area contributed by atoms with Crippen molar-refractivity contribution in [2.75, 3.05) is 66.6 Å². The molecule has 120 heavy (non-hydrogen) atoms. The Morgan fingerprint density at radius 2 is 0.675 bits per heavy atom. The number of H-pyrrole nitrogens is 4. The van der Waals surface area contributed by atoms with Crippen molar-refractivity contribution in [3.8, 4) is 108 Å². The molecule has 0 atom stereocenters. The van der Waals surface area contributed by atoms with Gasteiger partial charge < -0.3 is 49.4 Å². The highest BCUT2D eigenvalue weighted by molar-refractivity contribution is 9.10. The number of halogens is 6.